The molecule has 0 radical (unpaired) electrons. The quantitative estimate of drug-likeness (QED) is 0.821. The van der Waals surface area contributed by atoms with Gasteiger partial charge in [0.1, 0.15) is 18.1 Å². The molecule has 3 unspecified atom stereocenters. The van der Waals surface area contributed by atoms with Crippen LogP contribution in [0.1, 0.15) is 44.1 Å². The Bertz CT molecular complexity index is 715. The molecule has 1 saturated carbocycles. The third-order valence-electron chi connectivity index (χ3n) is 5.20. The van der Waals surface area contributed by atoms with Crippen LogP contribution < -0.4 is 10.2 Å². The molecule has 2 fully saturated rings. The molecule has 4 atom stereocenters. The number of aliphatic hydroxyl groups excluding tert-OH is 1. The number of anilines is 1. The molecule has 1 aliphatic carbocycles. The topological polar surface area (TPSA) is 78.9 Å². The van der Waals surface area contributed by atoms with Gasteiger partial charge in [-0.15, -0.1) is 0 Å². The van der Waals surface area contributed by atoms with Crippen LogP contribution in [-0.2, 0) is 9.53 Å². The van der Waals surface area contributed by atoms with Crippen LogP contribution in [-0.4, -0.2) is 48.6 Å². The Hall–Kier alpha value is -2.22. The first-order chi connectivity index (χ1) is 12.9. The molecule has 3 rings (SSSR count). The molecular weight excluding hydrogens is 358 g/mol. The molecule has 2 N–H and O–H groups in total. The van der Waals surface area contributed by atoms with Gasteiger partial charge in [0, 0.05) is 6.42 Å². The van der Waals surface area contributed by atoms with Crippen LogP contribution in [0.2, 0.25) is 0 Å². The van der Waals surface area contributed by atoms with Gasteiger partial charge < -0.3 is 15.2 Å². The summed E-state index contributed by atoms with van der Waals surface area (Å²) in [6.45, 7) is 2.15. The molecule has 6 nitrogen and oxygen atoms in total. The molecule has 1 aromatic rings. The summed E-state index contributed by atoms with van der Waals surface area (Å²) >= 11 is 0. The average Bonchev–Trinajstić information content (AvgIpc) is 3.02. The highest BCUT2D eigenvalue weighted by molar-refractivity contribution is 5.89. The molecule has 1 heterocycles. The van der Waals surface area contributed by atoms with Gasteiger partial charge in [-0.25, -0.2) is 13.6 Å². The monoisotopic (exact) mass is 382 g/mol. The number of cyclic esters (lactones) is 1. The van der Waals surface area contributed by atoms with Crippen molar-refractivity contribution in [1.29, 1.82) is 0 Å². The van der Waals surface area contributed by atoms with E-state index < -0.39 is 30.3 Å². The third-order valence-corrected chi connectivity index (χ3v) is 5.20. The van der Waals surface area contributed by atoms with E-state index in [9.17, 15) is 23.5 Å². The van der Waals surface area contributed by atoms with E-state index >= 15 is 0 Å². The number of hydrogen-bond donors (Lipinski definition) is 2. The Morgan fingerprint density at radius 1 is 1.41 bits per heavy atom. The van der Waals surface area contributed by atoms with E-state index in [0.29, 0.717) is 30.5 Å². The summed E-state index contributed by atoms with van der Waals surface area (Å²) < 4.78 is 33.6. The first-order valence-electron chi connectivity index (χ1n) is 9.25. The van der Waals surface area contributed by atoms with E-state index in [1.165, 1.54) is 11.0 Å². The zero-order valence-electron chi connectivity index (χ0n) is 15.2. The second kappa shape index (κ2) is 8.21. The predicted octanol–water partition coefficient (Wildman–Crippen LogP) is 2.64. The maximum absolute atomic E-state index is 14.6. The molecule has 1 saturated heterocycles. The summed E-state index contributed by atoms with van der Waals surface area (Å²) in [5.41, 5.74) is 0.755. The molecule has 1 aliphatic heterocycles. The number of nitrogens with zero attached hydrogens (tertiary/aromatic N) is 1. The van der Waals surface area contributed by atoms with Crippen molar-refractivity contribution < 1.29 is 28.2 Å². The Morgan fingerprint density at radius 2 is 2.19 bits per heavy atom. The van der Waals surface area contributed by atoms with E-state index in [0.717, 1.165) is 0 Å². The van der Waals surface area contributed by atoms with Crippen LogP contribution in [0.25, 0.3) is 0 Å². The second-order valence-corrected chi connectivity index (χ2v) is 7.07. The number of alkyl halides is 1. The largest absolute Gasteiger partial charge is 0.442 e. The van der Waals surface area contributed by atoms with Crippen molar-refractivity contribution in [2.45, 2.75) is 56.9 Å². The van der Waals surface area contributed by atoms with Crippen molar-refractivity contribution >= 4 is 17.7 Å². The molecule has 0 spiro atoms. The maximum Gasteiger partial charge on any atom is 0.414 e. The van der Waals surface area contributed by atoms with Gasteiger partial charge in [-0.2, -0.15) is 0 Å². The lowest BCUT2D eigenvalue weighted by Gasteiger charge is -2.29. The van der Waals surface area contributed by atoms with Crippen LogP contribution in [0, 0.1) is 5.82 Å². The van der Waals surface area contributed by atoms with Crippen molar-refractivity contribution in [3.63, 3.8) is 0 Å². The number of halogens is 2. The van der Waals surface area contributed by atoms with Crippen LogP contribution >= 0.6 is 0 Å². The minimum Gasteiger partial charge on any atom is -0.442 e. The van der Waals surface area contributed by atoms with E-state index in [1.807, 2.05) is 0 Å². The van der Waals surface area contributed by atoms with E-state index in [-0.39, 0.29) is 31.3 Å². The molecule has 8 heteroatoms. The fourth-order valence-corrected chi connectivity index (χ4v) is 3.59. The van der Waals surface area contributed by atoms with Crippen molar-refractivity contribution in [3.05, 3.63) is 29.6 Å². The third kappa shape index (κ3) is 4.37. The van der Waals surface area contributed by atoms with Gasteiger partial charge in [-0.1, -0.05) is 13.0 Å². The normalized spacial score (nSPS) is 28.1. The van der Waals surface area contributed by atoms with Gasteiger partial charge >= 0.3 is 6.09 Å². The standard InChI is InChI=1S/C19H24F2N2O4/c1-2-18(25)22-9-13-10-23(19(26)27-13)12-4-5-14(15(20)8-12)11-3-6-17(24)16(21)7-11/h4-5,8,11,13,16-17,24H,2-3,6-7,9-10H2,1H3,(H,22,25)/t11?,13-,16?,17?/m0/s1. The minimum atomic E-state index is -1.35. The lowest BCUT2D eigenvalue weighted by molar-refractivity contribution is -0.121. The summed E-state index contributed by atoms with van der Waals surface area (Å²) in [7, 11) is 0. The summed E-state index contributed by atoms with van der Waals surface area (Å²) in [6.07, 6.45) is -2.18. The Kier molecular flexibility index (Phi) is 5.94. The number of benzene rings is 1. The highest BCUT2D eigenvalue weighted by atomic mass is 19.1. The number of ether oxygens (including phenoxy) is 1. The zero-order valence-corrected chi connectivity index (χ0v) is 15.2. The van der Waals surface area contributed by atoms with Crippen LogP contribution in [0.4, 0.5) is 19.3 Å². The van der Waals surface area contributed by atoms with Crippen molar-refractivity contribution in [1.82, 2.24) is 5.32 Å². The molecule has 148 valence electrons. The molecule has 2 amide bonds. The minimum absolute atomic E-state index is 0.0857. The van der Waals surface area contributed by atoms with Gasteiger partial charge in [-0.05, 0) is 42.9 Å². The molecule has 0 aromatic heterocycles. The fraction of sp³-hybridized carbons (Fsp3) is 0.579. The van der Waals surface area contributed by atoms with E-state index in [4.69, 9.17) is 4.74 Å². The SMILES string of the molecule is CCC(=O)NC[C@H]1CN(c2ccc(C3CCC(O)C(F)C3)c(F)c2)C(=O)O1. The van der Waals surface area contributed by atoms with Crippen molar-refractivity contribution in [2.24, 2.45) is 0 Å². The van der Waals surface area contributed by atoms with E-state index in [1.54, 1.807) is 19.1 Å². The number of aliphatic hydroxyl groups is 1. The van der Waals surface area contributed by atoms with Crippen LogP contribution in [0.3, 0.4) is 0 Å². The summed E-state index contributed by atoms with van der Waals surface area (Å²) in [5, 5.41) is 12.2. The fourth-order valence-electron chi connectivity index (χ4n) is 3.59. The molecule has 27 heavy (non-hydrogen) atoms. The van der Waals surface area contributed by atoms with Gasteiger partial charge in [0.05, 0.1) is 24.9 Å². The van der Waals surface area contributed by atoms with Crippen molar-refractivity contribution in [3.8, 4) is 0 Å². The Morgan fingerprint density at radius 3 is 2.85 bits per heavy atom. The zero-order chi connectivity index (χ0) is 19.6. The smallest absolute Gasteiger partial charge is 0.414 e. The Balaban J connectivity index is 1.66. The molecule has 1 aromatic carbocycles. The first-order valence-corrected chi connectivity index (χ1v) is 9.25. The molecule has 2 aliphatic rings. The highest BCUT2D eigenvalue weighted by Gasteiger charge is 2.34. The van der Waals surface area contributed by atoms with Crippen LogP contribution in [0.15, 0.2) is 18.2 Å². The highest BCUT2D eigenvalue weighted by Crippen LogP contribution is 2.37. The number of hydrogen-bond acceptors (Lipinski definition) is 4. The molecule has 0 bridgehead atoms. The number of amides is 2. The lowest BCUT2D eigenvalue weighted by atomic mass is 9.81. The molecular formula is C19H24F2N2O4. The van der Waals surface area contributed by atoms with Gasteiger partial charge in [-0.3, -0.25) is 9.69 Å². The number of rotatable bonds is 5. The average molecular weight is 382 g/mol. The Labute approximate surface area is 156 Å². The predicted molar refractivity (Wildman–Crippen MR) is 94.8 cm³/mol. The number of nitrogens with one attached hydrogen (secondary N) is 1. The second-order valence-electron chi connectivity index (χ2n) is 7.07. The number of carbonyl (C=O) groups excluding carboxylic acids is 2. The van der Waals surface area contributed by atoms with Gasteiger partial charge in [0.15, 0.2) is 0 Å². The van der Waals surface area contributed by atoms with Crippen molar-refractivity contribution in [2.75, 3.05) is 18.0 Å². The summed E-state index contributed by atoms with van der Waals surface area (Å²) in [4.78, 5) is 24.7. The lowest BCUT2D eigenvalue weighted by Crippen LogP contribution is -2.34. The van der Waals surface area contributed by atoms with Gasteiger partial charge in [0.25, 0.3) is 0 Å². The number of carbonyl (C=O) groups is 2. The van der Waals surface area contributed by atoms with Crippen LogP contribution in [0.5, 0.6) is 0 Å². The maximum atomic E-state index is 14.6. The van der Waals surface area contributed by atoms with Gasteiger partial charge in [0.2, 0.25) is 5.91 Å². The summed E-state index contributed by atoms with van der Waals surface area (Å²) in [6, 6.07) is 4.44. The summed E-state index contributed by atoms with van der Waals surface area (Å²) in [5.74, 6) is -0.930. The first kappa shape index (κ1) is 19.5. The van der Waals surface area contributed by atoms with E-state index in [2.05, 4.69) is 5.32 Å².